The van der Waals surface area contributed by atoms with Crippen LogP contribution in [0.1, 0.15) is 86.4 Å². The van der Waals surface area contributed by atoms with Gasteiger partial charge in [0.1, 0.15) is 11.2 Å². The number of pyridine rings is 2. The largest absolute Gasteiger partial charge is 0.380 e. The number of fused-ring (bicyclic) bond motifs is 3. The normalized spacial score (nSPS) is 27.4. The number of hydrogen-bond donors (Lipinski definition) is 2. The van der Waals surface area contributed by atoms with E-state index in [2.05, 4.69) is 26.6 Å². The molecule has 4 aromatic rings. The number of rotatable bonds is 4. The van der Waals surface area contributed by atoms with Crippen LogP contribution in [-0.2, 0) is 16.1 Å². The third-order valence-electron chi connectivity index (χ3n) is 10.4. The maximum atomic E-state index is 13.5. The molecule has 5 atom stereocenters. The first kappa shape index (κ1) is 28.6. The number of methoxy groups -OCH3 is 1. The van der Waals surface area contributed by atoms with E-state index >= 15 is 0 Å². The van der Waals surface area contributed by atoms with Crippen molar-refractivity contribution in [2.75, 3.05) is 20.2 Å². The molecule has 11 nitrogen and oxygen atoms in total. The highest BCUT2D eigenvalue weighted by molar-refractivity contribution is 5.97. The lowest BCUT2D eigenvalue weighted by Crippen LogP contribution is -2.53. The maximum Gasteiger partial charge on any atom is 0.255 e. The number of hydrogen-bond acceptors (Lipinski definition) is 7. The van der Waals surface area contributed by atoms with E-state index in [1.54, 1.807) is 18.2 Å². The Balaban J connectivity index is 1.17. The van der Waals surface area contributed by atoms with Gasteiger partial charge in [-0.05, 0) is 75.6 Å². The van der Waals surface area contributed by atoms with E-state index in [0.29, 0.717) is 37.0 Å². The molecule has 11 heteroatoms. The number of aryl methyl sites for hydroxylation is 1. The smallest absolute Gasteiger partial charge is 0.255 e. The van der Waals surface area contributed by atoms with Crippen molar-refractivity contribution >= 4 is 34.0 Å². The predicted molar refractivity (Wildman–Crippen MR) is 170 cm³/mol. The van der Waals surface area contributed by atoms with Crippen molar-refractivity contribution in [2.45, 2.75) is 89.1 Å². The van der Waals surface area contributed by atoms with Gasteiger partial charge in [0, 0.05) is 56.3 Å². The fraction of sp³-hybridized carbons (Fsp3) is 0.559. The Bertz CT molecular complexity index is 1790. The Morgan fingerprint density at radius 3 is 2.71 bits per heavy atom. The molecule has 3 N–H and O–H groups in total. The quantitative estimate of drug-likeness (QED) is 0.351. The van der Waals surface area contributed by atoms with Gasteiger partial charge in [-0.3, -0.25) is 9.59 Å². The lowest BCUT2D eigenvalue weighted by Gasteiger charge is -2.35. The molecule has 0 radical (unpaired) electrons. The summed E-state index contributed by atoms with van der Waals surface area (Å²) in [7, 11) is 1.67. The highest BCUT2D eigenvalue weighted by Crippen LogP contribution is 2.44. The SMILES string of the molecule is CO[C@@H]1CCN(C(=O)c2cnc3c(c2)nc(-c2cc4ccc5nc4n2CCCCC[C@@H]2C[C@H]2C(=O)N[C@@H]5C)n3C2CC2)C[C@@H]1N. The van der Waals surface area contributed by atoms with E-state index < -0.39 is 0 Å². The molecule has 2 aliphatic heterocycles. The molecule has 2 bridgehead atoms. The third-order valence-corrected chi connectivity index (χ3v) is 10.4. The molecule has 2 aliphatic carbocycles. The molecule has 4 aliphatic rings. The number of aromatic nitrogens is 5. The van der Waals surface area contributed by atoms with Gasteiger partial charge in [0.25, 0.3) is 5.91 Å². The summed E-state index contributed by atoms with van der Waals surface area (Å²) in [5.74, 6) is 1.64. The molecule has 2 amide bonds. The number of amides is 2. The minimum atomic E-state index is -0.214. The van der Waals surface area contributed by atoms with E-state index in [0.717, 1.165) is 90.9 Å². The Morgan fingerprint density at radius 1 is 1.04 bits per heavy atom. The van der Waals surface area contributed by atoms with Gasteiger partial charge in [-0.15, -0.1) is 0 Å². The second kappa shape index (κ2) is 11.2. The fourth-order valence-electron chi connectivity index (χ4n) is 7.51. The van der Waals surface area contributed by atoms with Crippen molar-refractivity contribution in [3.05, 3.63) is 41.7 Å². The van der Waals surface area contributed by atoms with Gasteiger partial charge in [-0.2, -0.15) is 0 Å². The average Bonchev–Trinajstić information content (AvgIpc) is 3.97. The average molecular weight is 611 g/mol. The minimum Gasteiger partial charge on any atom is -0.380 e. The molecule has 8 rings (SSSR count). The first-order valence-electron chi connectivity index (χ1n) is 16.7. The number of imidazole rings is 1. The van der Waals surface area contributed by atoms with Gasteiger partial charge in [-0.1, -0.05) is 12.8 Å². The summed E-state index contributed by atoms with van der Waals surface area (Å²) in [6.45, 7) is 3.92. The maximum absolute atomic E-state index is 13.5. The van der Waals surface area contributed by atoms with Crippen LogP contribution in [0.5, 0.6) is 0 Å². The summed E-state index contributed by atoms with van der Waals surface area (Å²) >= 11 is 0. The van der Waals surface area contributed by atoms with Gasteiger partial charge in [0.15, 0.2) is 11.5 Å². The number of carbonyl (C=O) groups is 2. The molecule has 236 valence electrons. The van der Waals surface area contributed by atoms with Gasteiger partial charge in [-0.25, -0.2) is 15.0 Å². The number of ether oxygens (including phenoxy) is 1. The summed E-state index contributed by atoms with van der Waals surface area (Å²) in [5, 5.41) is 4.27. The molecule has 45 heavy (non-hydrogen) atoms. The Hall–Kier alpha value is -3.83. The predicted octanol–water partition coefficient (Wildman–Crippen LogP) is 4.36. The van der Waals surface area contributed by atoms with Crippen molar-refractivity contribution in [3.63, 3.8) is 0 Å². The van der Waals surface area contributed by atoms with Crippen LogP contribution in [0.15, 0.2) is 30.5 Å². The molecule has 1 saturated heterocycles. The number of likely N-dealkylation sites (tertiary alicyclic amines) is 1. The van der Waals surface area contributed by atoms with Crippen molar-refractivity contribution < 1.29 is 14.3 Å². The first-order valence-corrected chi connectivity index (χ1v) is 16.7. The molecular weight excluding hydrogens is 568 g/mol. The van der Waals surface area contributed by atoms with Crippen LogP contribution in [0.4, 0.5) is 0 Å². The van der Waals surface area contributed by atoms with Crippen LogP contribution < -0.4 is 11.1 Å². The van der Waals surface area contributed by atoms with Crippen LogP contribution in [0, 0.1) is 11.8 Å². The van der Waals surface area contributed by atoms with Crippen LogP contribution in [-0.4, -0.2) is 73.1 Å². The lowest BCUT2D eigenvalue weighted by atomic mass is 10.0. The first-order chi connectivity index (χ1) is 21.9. The fourth-order valence-corrected chi connectivity index (χ4v) is 7.51. The van der Waals surface area contributed by atoms with Gasteiger partial charge in [0.2, 0.25) is 5.91 Å². The lowest BCUT2D eigenvalue weighted by molar-refractivity contribution is -0.123. The second-order valence-corrected chi connectivity index (χ2v) is 13.6. The van der Waals surface area contributed by atoms with Crippen molar-refractivity contribution in [2.24, 2.45) is 17.6 Å². The summed E-state index contributed by atoms with van der Waals surface area (Å²) < 4.78 is 10.1. The van der Waals surface area contributed by atoms with Gasteiger partial charge in [0.05, 0.1) is 29.1 Å². The molecule has 0 aromatic carbocycles. The van der Waals surface area contributed by atoms with Crippen molar-refractivity contribution in [1.29, 1.82) is 0 Å². The number of piperidine rings is 1. The Kier molecular flexibility index (Phi) is 7.13. The number of nitrogens with one attached hydrogen (secondary N) is 1. The number of nitrogens with zero attached hydrogens (tertiary/aromatic N) is 6. The third kappa shape index (κ3) is 5.19. The highest BCUT2D eigenvalue weighted by atomic mass is 16.5. The molecule has 0 unspecified atom stereocenters. The van der Waals surface area contributed by atoms with Crippen LogP contribution >= 0.6 is 0 Å². The second-order valence-electron chi connectivity index (χ2n) is 13.6. The number of carbonyl (C=O) groups excluding carboxylic acids is 2. The van der Waals surface area contributed by atoms with E-state index in [4.69, 9.17) is 25.4 Å². The summed E-state index contributed by atoms with van der Waals surface area (Å²) in [6.07, 6.45) is 9.92. The van der Waals surface area contributed by atoms with Crippen LogP contribution in [0.3, 0.4) is 0 Å². The Morgan fingerprint density at radius 2 is 1.91 bits per heavy atom. The van der Waals surface area contributed by atoms with E-state index in [9.17, 15) is 9.59 Å². The Labute approximate surface area is 262 Å². The summed E-state index contributed by atoms with van der Waals surface area (Å²) in [6, 6.07) is 8.18. The molecule has 4 aromatic heterocycles. The van der Waals surface area contributed by atoms with Crippen molar-refractivity contribution in [1.82, 2.24) is 34.3 Å². The monoisotopic (exact) mass is 610 g/mol. The van der Waals surface area contributed by atoms with E-state index in [1.807, 2.05) is 19.1 Å². The van der Waals surface area contributed by atoms with E-state index in [1.165, 1.54) is 0 Å². The van der Waals surface area contributed by atoms with Crippen LogP contribution in [0.25, 0.3) is 33.7 Å². The topological polar surface area (TPSA) is 133 Å². The zero-order valence-corrected chi connectivity index (χ0v) is 26.1. The molecule has 0 spiro atoms. The number of nitrogens with two attached hydrogens (primary N) is 1. The molecule has 3 fully saturated rings. The molecule has 6 heterocycles. The zero-order valence-electron chi connectivity index (χ0n) is 26.1. The zero-order chi connectivity index (χ0) is 30.8. The van der Waals surface area contributed by atoms with Gasteiger partial charge >= 0.3 is 0 Å². The minimum absolute atomic E-state index is 0.0342. The van der Waals surface area contributed by atoms with Crippen molar-refractivity contribution in [3.8, 4) is 11.5 Å². The summed E-state index contributed by atoms with van der Waals surface area (Å²) in [4.78, 5) is 43.4. The van der Waals surface area contributed by atoms with E-state index in [-0.39, 0.29) is 35.9 Å². The molecular formula is C34H42N8O3. The summed E-state index contributed by atoms with van der Waals surface area (Å²) in [5.41, 5.74) is 11.2. The standard InChI is InChI=1S/C34H42N8O3/c1-19-26-10-7-21-16-28(41(30(21)38-26)12-5-3-4-6-20-14-24(20)33(43)37-19)32-39-27-15-22(17-36-31(27)42(32)23-8-9-23)34(44)40-13-11-29(45-2)25(35)18-40/h7,10,15-17,19-20,23-25,29H,3-6,8-9,11-14,18,35H2,1-2H3,(H,37,43)/t19-,20-,24-,25+,29-/m1/s1. The highest BCUT2D eigenvalue weighted by Gasteiger charge is 2.42. The van der Waals surface area contributed by atoms with Crippen LogP contribution in [0.2, 0.25) is 0 Å². The van der Waals surface area contributed by atoms with Gasteiger partial charge < -0.3 is 29.8 Å². The molecule has 2 saturated carbocycles.